The van der Waals surface area contributed by atoms with Crippen molar-refractivity contribution >= 4 is 28.7 Å². The molecule has 0 bridgehead atoms. The van der Waals surface area contributed by atoms with Gasteiger partial charge in [0.15, 0.2) is 6.61 Å². The lowest BCUT2D eigenvalue weighted by Crippen LogP contribution is -2.40. The number of aromatic amines is 1. The third-order valence-electron chi connectivity index (χ3n) is 12.5. The van der Waals surface area contributed by atoms with Gasteiger partial charge in [0.1, 0.15) is 11.5 Å². The molecular formula is C52H55N5O9. The summed E-state index contributed by atoms with van der Waals surface area (Å²) >= 11 is 0. The number of pyridine rings is 1. The number of nitrogens with zero attached hydrogens (tertiary/aromatic N) is 2. The molecule has 2 aliphatic heterocycles. The number of esters is 1. The third-order valence-corrected chi connectivity index (χ3v) is 12.5. The van der Waals surface area contributed by atoms with Crippen molar-refractivity contribution < 1.29 is 39.2 Å². The highest BCUT2D eigenvalue weighted by Crippen LogP contribution is 2.34. The van der Waals surface area contributed by atoms with Crippen molar-refractivity contribution in [3.05, 3.63) is 177 Å². The number of piperidine rings is 1. The molecule has 14 heteroatoms. The summed E-state index contributed by atoms with van der Waals surface area (Å²) in [6.45, 7) is 3.97. The summed E-state index contributed by atoms with van der Waals surface area (Å²) < 4.78 is 11.8. The number of aliphatic hydroxyl groups is 2. The van der Waals surface area contributed by atoms with Crippen LogP contribution in [0.5, 0.6) is 11.5 Å². The first kappa shape index (κ1) is 45.7. The second kappa shape index (κ2) is 21.0. The number of aromatic nitrogens is 1. The Balaban J connectivity index is 0.795. The van der Waals surface area contributed by atoms with E-state index in [2.05, 4.69) is 32.7 Å². The second-order valence-electron chi connectivity index (χ2n) is 17.1. The topological polar surface area (TPSA) is 194 Å². The van der Waals surface area contributed by atoms with Gasteiger partial charge >= 0.3 is 5.97 Å². The minimum Gasteiger partial charge on any atom is -0.506 e. The first-order valence-electron chi connectivity index (χ1n) is 22.4. The van der Waals surface area contributed by atoms with Gasteiger partial charge in [-0.25, -0.2) is 4.79 Å². The fourth-order valence-electron chi connectivity index (χ4n) is 8.74. The minimum atomic E-state index is -2.11. The van der Waals surface area contributed by atoms with E-state index in [1.54, 1.807) is 77.7 Å². The quantitative estimate of drug-likeness (QED) is 0.0663. The number of amides is 2. The number of benzene rings is 5. The summed E-state index contributed by atoms with van der Waals surface area (Å²) in [5.74, 6) is -0.901. The van der Waals surface area contributed by atoms with Crippen molar-refractivity contribution in [2.45, 2.75) is 50.1 Å². The smallest absolute Gasteiger partial charge is 0.347 e. The Labute approximate surface area is 382 Å². The lowest BCUT2D eigenvalue weighted by atomic mass is 9.86. The maximum Gasteiger partial charge on any atom is 0.347 e. The lowest BCUT2D eigenvalue weighted by molar-refractivity contribution is -0.164. The number of carbonyl (C=O) groups excluding carboxylic acids is 3. The van der Waals surface area contributed by atoms with Crippen molar-refractivity contribution in [3.63, 3.8) is 0 Å². The van der Waals surface area contributed by atoms with Gasteiger partial charge in [-0.1, -0.05) is 91.0 Å². The predicted molar refractivity (Wildman–Crippen MR) is 249 cm³/mol. The largest absolute Gasteiger partial charge is 0.506 e. The van der Waals surface area contributed by atoms with Crippen LogP contribution in [0.25, 0.3) is 10.9 Å². The van der Waals surface area contributed by atoms with E-state index in [1.165, 1.54) is 17.7 Å². The number of ether oxygens (including phenoxy) is 2. The summed E-state index contributed by atoms with van der Waals surface area (Å²) in [6.07, 6.45) is 1.42. The van der Waals surface area contributed by atoms with Crippen LogP contribution in [0.3, 0.4) is 0 Å². The van der Waals surface area contributed by atoms with Crippen LogP contribution in [0.4, 0.5) is 0 Å². The van der Waals surface area contributed by atoms with E-state index < -0.39 is 17.7 Å². The number of H-pyrrole nitrogens is 1. The Morgan fingerprint density at radius 1 is 0.803 bits per heavy atom. The molecule has 14 nitrogen and oxygen atoms in total. The van der Waals surface area contributed by atoms with Gasteiger partial charge in [0.25, 0.3) is 11.8 Å². The van der Waals surface area contributed by atoms with Gasteiger partial charge in [0.05, 0.1) is 18.2 Å². The minimum absolute atomic E-state index is 0.0761. The number of phenolic OH excluding ortho intramolecular Hbond substituents is 1. The molecule has 0 saturated carbocycles. The monoisotopic (exact) mass is 893 g/mol. The van der Waals surface area contributed by atoms with Crippen LogP contribution in [0.1, 0.15) is 63.5 Å². The number of nitrogens with one attached hydrogen (secondary N) is 3. The summed E-state index contributed by atoms with van der Waals surface area (Å²) in [5, 5.41) is 40.0. The summed E-state index contributed by atoms with van der Waals surface area (Å²) in [4.78, 5) is 58.8. The molecule has 0 spiro atoms. The van der Waals surface area contributed by atoms with Gasteiger partial charge in [-0.2, -0.15) is 0 Å². The molecule has 3 atom stereocenters. The number of phenols is 1. The van der Waals surface area contributed by atoms with E-state index >= 15 is 0 Å². The molecule has 6 aromatic rings. The molecule has 1 aromatic heterocycles. The Morgan fingerprint density at radius 3 is 2.29 bits per heavy atom. The highest BCUT2D eigenvalue weighted by Gasteiger charge is 2.42. The second-order valence-corrected chi connectivity index (χ2v) is 17.1. The van der Waals surface area contributed by atoms with Gasteiger partial charge < -0.3 is 45.3 Å². The van der Waals surface area contributed by atoms with Crippen LogP contribution >= 0.6 is 0 Å². The molecule has 8 rings (SSSR count). The SMILES string of the molecule is O=C(N[C@@H]1CCN(C(=O)COc2cccc([C@](O)(C(=O)OCC3CCN(Cc4ccccc4)CC3)c3ccccc3)c2)C1)c1ccc(CNC[C@H](O)c2ccc(O)c3[nH]c(=O)ccc23)cc1. The normalized spacial score (nSPS) is 16.9. The Morgan fingerprint density at radius 2 is 1.53 bits per heavy atom. The highest BCUT2D eigenvalue weighted by atomic mass is 16.5. The van der Waals surface area contributed by atoms with Gasteiger partial charge in [0.2, 0.25) is 11.2 Å². The summed E-state index contributed by atoms with van der Waals surface area (Å²) in [5.41, 5.74) is 1.61. The summed E-state index contributed by atoms with van der Waals surface area (Å²) in [6, 6.07) is 38.4. The fraction of sp³-hybridized carbons (Fsp3) is 0.308. The number of rotatable bonds is 17. The van der Waals surface area contributed by atoms with E-state index in [0.29, 0.717) is 53.9 Å². The summed E-state index contributed by atoms with van der Waals surface area (Å²) in [7, 11) is 0. The molecule has 0 unspecified atom stereocenters. The zero-order chi connectivity index (χ0) is 46.0. The molecule has 3 heterocycles. The fourth-order valence-corrected chi connectivity index (χ4v) is 8.74. The van der Waals surface area contributed by atoms with Gasteiger partial charge in [-0.05, 0) is 96.9 Å². The van der Waals surface area contributed by atoms with E-state index in [9.17, 15) is 34.5 Å². The Hall–Kier alpha value is -6.84. The van der Waals surface area contributed by atoms with Crippen molar-refractivity contribution in [3.8, 4) is 11.5 Å². The van der Waals surface area contributed by atoms with Crippen LogP contribution in [0, 0.1) is 5.92 Å². The maximum atomic E-state index is 13.9. The van der Waals surface area contributed by atoms with Crippen LogP contribution in [-0.2, 0) is 33.0 Å². The zero-order valence-electron chi connectivity index (χ0n) is 36.6. The number of aromatic hydroxyl groups is 1. The van der Waals surface area contributed by atoms with Crippen LogP contribution < -0.4 is 20.9 Å². The number of hydrogen-bond donors (Lipinski definition) is 6. The average molecular weight is 894 g/mol. The molecule has 2 amide bonds. The first-order valence-corrected chi connectivity index (χ1v) is 22.4. The van der Waals surface area contributed by atoms with Gasteiger partial charge in [-0.3, -0.25) is 19.3 Å². The maximum absolute atomic E-state index is 13.9. The Bertz CT molecular complexity index is 2670. The number of hydrogen-bond acceptors (Lipinski definition) is 11. The molecule has 2 saturated heterocycles. The molecule has 6 N–H and O–H groups in total. The molecule has 0 radical (unpaired) electrons. The van der Waals surface area contributed by atoms with E-state index in [-0.39, 0.29) is 65.9 Å². The Kier molecular flexibility index (Phi) is 14.5. The van der Waals surface area contributed by atoms with Crippen molar-refractivity contribution in [1.82, 2.24) is 25.4 Å². The highest BCUT2D eigenvalue weighted by molar-refractivity contribution is 5.94. The van der Waals surface area contributed by atoms with E-state index in [1.807, 2.05) is 36.4 Å². The third kappa shape index (κ3) is 11.0. The molecule has 5 aromatic carbocycles. The van der Waals surface area contributed by atoms with E-state index in [4.69, 9.17) is 9.47 Å². The van der Waals surface area contributed by atoms with Crippen molar-refractivity contribution in [1.29, 1.82) is 0 Å². The zero-order valence-corrected chi connectivity index (χ0v) is 36.6. The average Bonchev–Trinajstić information content (AvgIpc) is 3.82. The molecule has 66 heavy (non-hydrogen) atoms. The van der Waals surface area contributed by atoms with Gasteiger partial charge in [0, 0.05) is 61.3 Å². The molecule has 342 valence electrons. The number of likely N-dealkylation sites (tertiary alicyclic amines) is 2. The molecule has 2 aliphatic rings. The molecular weight excluding hydrogens is 839 g/mol. The molecule has 2 fully saturated rings. The van der Waals surface area contributed by atoms with Gasteiger partial charge in [-0.15, -0.1) is 0 Å². The standard InChI is InChI=1S/C52H55N5O9/c58-45-20-18-43(44-19-21-47(60)55-49(44)45)46(59)30-53-29-35-14-16-38(17-15-35)50(62)54-41-24-27-57(32-41)48(61)34-65-42-13-7-12-40(28-42)52(64,39-10-5-2-6-11-39)51(63)66-33-37-22-25-56(26-23-37)31-36-8-3-1-4-9-36/h1-21,28,37,41,46,53,58-59,64H,22-27,29-34H2,(H,54,62)(H,55,60)/t41-,46+,52+/m1/s1. The number of fused-ring (bicyclic) bond motifs is 1. The lowest BCUT2D eigenvalue weighted by Gasteiger charge is -2.33. The number of aliphatic hydroxyl groups excluding tert-OH is 1. The first-order chi connectivity index (χ1) is 32.0. The van der Waals surface area contributed by atoms with Crippen LogP contribution in [-0.4, -0.2) is 99.9 Å². The van der Waals surface area contributed by atoms with Crippen LogP contribution in [0.15, 0.2) is 138 Å². The molecule has 0 aliphatic carbocycles. The van der Waals surface area contributed by atoms with Crippen molar-refractivity contribution in [2.24, 2.45) is 5.92 Å². The van der Waals surface area contributed by atoms with E-state index in [0.717, 1.165) is 38.0 Å². The van der Waals surface area contributed by atoms with Crippen LogP contribution in [0.2, 0.25) is 0 Å². The van der Waals surface area contributed by atoms with Crippen molar-refractivity contribution in [2.75, 3.05) is 45.9 Å². The number of carbonyl (C=O) groups is 3. The predicted octanol–water partition coefficient (Wildman–Crippen LogP) is 5.16.